The van der Waals surface area contributed by atoms with E-state index in [0.717, 1.165) is 51.4 Å². The summed E-state index contributed by atoms with van der Waals surface area (Å²) in [5.41, 5.74) is 0.995. The fraction of sp³-hybridized carbons (Fsp3) is 0.619. The van der Waals surface area contributed by atoms with E-state index in [1.807, 2.05) is 0 Å². The number of hydrogen-bond acceptors (Lipinski definition) is 4. The molecular formula is C21H28O4. The molecule has 2 aliphatic carbocycles. The molecule has 0 amide bonds. The summed E-state index contributed by atoms with van der Waals surface area (Å²) in [6, 6.07) is 6.65. The SMILES string of the molecule is O=C(OC1CCCCCC1)c1ccc(C(=O)OC2CCCCC2)cc1. The van der Waals surface area contributed by atoms with Gasteiger partial charge in [-0.25, -0.2) is 9.59 Å². The predicted molar refractivity (Wildman–Crippen MR) is 95.6 cm³/mol. The largest absolute Gasteiger partial charge is 0.459 e. The molecule has 4 nitrogen and oxygen atoms in total. The van der Waals surface area contributed by atoms with Gasteiger partial charge < -0.3 is 9.47 Å². The van der Waals surface area contributed by atoms with Crippen molar-refractivity contribution in [2.45, 2.75) is 82.8 Å². The second-order valence-electron chi connectivity index (χ2n) is 7.26. The molecule has 25 heavy (non-hydrogen) atoms. The van der Waals surface area contributed by atoms with Gasteiger partial charge in [0.15, 0.2) is 0 Å². The van der Waals surface area contributed by atoms with Crippen molar-refractivity contribution in [2.24, 2.45) is 0 Å². The van der Waals surface area contributed by atoms with Gasteiger partial charge in [0.25, 0.3) is 0 Å². The standard InChI is InChI=1S/C21H28O4/c22-20(24-18-8-4-1-2-5-9-18)16-12-14-17(15-13-16)21(23)25-19-10-6-3-7-11-19/h12-15,18-19H,1-11H2. The van der Waals surface area contributed by atoms with Crippen LogP contribution in [0, 0.1) is 0 Å². The highest BCUT2D eigenvalue weighted by Gasteiger charge is 2.20. The number of rotatable bonds is 4. The minimum atomic E-state index is -0.296. The second kappa shape index (κ2) is 9.02. The van der Waals surface area contributed by atoms with Gasteiger partial charge in [0.05, 0.1) is 11.1 Å². The lowest BCUT2D eigenvalue weighted by Gasteiger charge is -2.21. The van der Waals surface area contributed by atoms with Crippen LogP contribution in [0.5, 0.6) is 0 Å². The van der Waals surface area contributed by atoms with Gasteiger partial charge in [0.1, 0.15) is 12.2 Å². The van der Waals surface area contributed by atoms with Crippen LogP contribution in [0.25, 0.3) is 0 Å². The molecule has 2 aliphatic rings. The molecule has 0 aliphatic heterocycles. The molecule has 0 unspecified atom stereocenters. The molecule has 0 aromatic heterocycles. The van der Waals surface area contributed by atoms with Crippen molar-refractivity contribution in [3.05, 3.63) is 35.4 Å². The summed E-state index contributed by atoms with van der Waals surface area (Å²) in [7, 11) is 0. The summed E-state index contributed by atoms with van der Waals surface area (Å²) in [5.74, 6) is -0.588. The number of benzene rings is 1. The Kier molecular flexibility index (Phi) is 6.48. The van der Waals surface area contributed by atoms with Crippen molar-refractivity contribution < 1.29 is 19.1 Å². The summed E-state index contributed by atoms with van der Waals surface area (Å²) < 4.78 is 11.2. The zero-order valence-corrected chi connectivity index (χ0v) is 14.9. The Balaban J connectivity index is 1.53. The van der Waals surface area contributed by atoms with Gasteiger partial charge in [-0.3, -0.25) is 0 Å². The molecule has 2 saturated carbocycles. The first-order valence-electron chi connectivity index (χ1n) is 9.74. The van der Waals surface area contributed by atoms with E-state index in [1.54, 1.807) is 24.3 Å². The van der Waals surface area contributed by atoms with E-state index >= 15 is 0 Å². The molecule has 0 N–H and O–H groups in total. The molecule has 0 spiro atoms. The van der Waals surface area contributed by atoms with Gasteiger partial charge in [0.2, 0.25) is 0 Å². The molecule has 0 saturated heterocycles. The fourth-order valence-electron chi connectivity index (χ4n) is 3.72. The molecule has 0 bridgehead atoms. The Morgan fingerprint density at radius 3 is 1.28 bits per heavy atom. The lowest BCUT2D eigenvalue weighted by molar-refractivity contribution is 0.0207. The van der Waals surface area contributed by atoms with Crippen molar-refractivity contribution in [3.63, 3.8) is 0 Å². The van der Waals surface area contributed by atoms with Crippen molar-refractivity contribution in [1.29, 1.82) is 0 Å². The molecule has 1 aromatic carbocycles. The van der Waals surface area contributed by atoms with Gasteiger partial charge >= 0.3 is 11.9 Å². The molecule has 4 heteroatoms. The van der Waals surface area contributed by atoms with Crippen LogP contribution in [0.2, 0.25) is 0 Å². The van der Waals surface area contributed by atoms with Gasteiger partial charge in [-0.15, -0.1) is 0 Å². The van der Waals surface area contributed by atoms with Gasteiger partial charge in [0, 0.05) is 0 Å². The lowest BCUT2D eigenvalue weighted by atomic mass is 9.98. The van der Waals surface area contributed by atoms with E-state index in [9.17, 15) is 9.59 Å². The van der Waals surface area contributed by atoms with Crippen molar-refractivity contribution in [3.8, 4) is 0 Å². The van der Waals surface area contributed by atoms with E-state index in [-0.39, 0.29) is 24.1 Å². The Bertz CT molecular complexity index is 564. The van der Waals surface area contributed by atoms with Crippen LogP contribution in [0.3, 0.4) is 0 Å². The maximum absolute atomic E-state index is 12.3. The average Bonchev–Trinajstić information content (AvgIpc) is 2.91. The van der Waals surface area contributed by atoms with E-state index in [1.165, 1.54) is 19.3 Å². The Morgan fingerprint density at radius 1 is 0.600 bits per heavy atom. The highest BCUT2D eigenvalue weighted by Crippen LogP contribution is 2.23. The first-order chi connectivity index (χ1) is 12.2. The molecule has 1 aromatic rings. The summed E-state index contributed by atoms with van der Waals surface area (Å²) >= 11 is 0. The molecular weight excluding hydrogens is 316 g/mol. The van der Waals surface area contributed by atoms with Crippen LogP contribution in [0.4, 0.5) is 0 Å². The number of carbonyl (C=O) groups excluding carboxylic acids is 2. The maximum atomic E-state index is 12.3. The first-order valence-corrected chi connectivity index (χ1v) is 9.74. The molecule has 3 rings (SSSR count). The van der Waals surface area contributed by atoms with Crippen LogP contribution >= 0.6 is 0 Å². The minimum absolute atomic E-state index is 0.0333. The lowest BCUT2D eigenvalue weighted by Crippen LogP contribution is -2.21. The fourth-order valence-corrected chi connectivity index (χ4v) is 3.72. The maximum Gasteiger partial charge on any atom is 0.338 e. The van der Waals surface area contributed by atoms with Crippen LogP contribution in [0.15, 0.2) is 24.3 Å². The first kappa shape index (κ1) is 18.0. The highest BCUT2D eigenvalue weighted by molar-refractivity contribution is 5.93. The van der Waals surface area contributed by atoms with Crippen LogP contribution < -0.4 is 0 Å². The third kappa shape index (κ3) is 5.32. The zero-order valence-electron chi connectivity index (χ0n) is 14.9. The highest BCUT2D eigenvalue weighted by atomic mass is 16.5. The quantitative estimate of drug-likeness (QED) is 0.566. The summed E-state index contributed by atoms with van der Waals surface area (Å²) in [6.07, 6.45) is 12.1. The molecule has 0 radical (unpaired) electrons. The van der Waals surface area contributed by atoms with Crippen molar-refractivity contribution in [1.82, 2.24) is 0 Å². The Hall–Kier alpha value is -1.84. The summed E-state index contributed by atoms with van der Waals surface area (Å²) in [5, 5.41) is 0. The predicted octanol–water partition coefficient (Wildman–Crippen LogP) is 5.06. The molecule has 136 valence electrons. The van der Waals surface area contributed by atoms with E-state index < -0.39 is 0 Å². The van der Waals surface area contributed by atoms with Crippen LogP contribution in [0.1, 0.15) is 91.3 Å². The zero-order chi connectivity index (χ0) is 17.5. The van der Waals surface area contributed by atoms with Crippen LogP contribution in [-0.4, -0.2) is 24.1 Å². The monoisotopic (exact) mass is 344 g/mol. The number of hydrogen-bond donors (Lipinski definition) is 0. The van der Waals surface area contributed by atoms with Crippen molar-refractivity contribution >= 4 is 11.9 Å². The number of ether oxygens (including phenoxy) is 2. The van der Waals surface area contributed by atoms with Gasteiger partial charge in [-0.1, -0.05) is 19.3 Å². The third-order valence-corrected chi connectivity index (χ3v) is 5.26. The summed E-state index contributed by atoms with van der Waals surface area (Å²) in [6.45, 7) is 0. The van der Waals surface area contributed by atoms with E-state index in [2.05, 4.69) is 0 Å². The third-order valence-electron chi connectivity index (χ3n) is 5.26. The number of esters is 2. The Labute approximate surface area is 149 Å². The van der Waals surface area contributed by atoms with E-state index in [4.69, 9.17) is 9.47 Å². The van der Waals surface area contributed by atoms with Gasteiger partial charge in [-0.2, -0.15) is 0 Å². The molecule has 0 atom stereocenters. The Morgan fingerprint density at radius 2 is 0.920 bits per heavy atom. The summed E-state index contributed by atoms with van der Waals surface area (Å²) in [4.78, 5) is 24.5. The molecule has 0 heterocycles. The van der Waals surface area contributed by atoms with Crippen molar-refractivity contribution in [2.75, 3.05) is 0 Å². The van der Waals surface area contributed by atoms with Gasteiger partial charge in [-0.05, 0) is 75.6 Å². The van der Waals surface area contributed by atoms with Crippen LogP contribution in [-0.2, 0) is 9.47 Å². The topological polar surface area (TPSA) is 52.6 Å². The average molecular weight is 344 g/mol. The minimum Gasteiger partial charge on any atom is -0.459 e. The smallest absolute Gasteiger partial charge is 0.338 e. The second-order valence-corrected chi connectivity index (χ2v) is 7.26. The molecule has 2 fully saturated rings. The number of carbonyl (C=O) groups is 2. The van der Waals surface area contributed by atoms with E-state index in [0.29, 0.717) is 11.1 Å². The normalized spacial score (nSPS) is 19.8.